The number of rotatable bonds is 4. The van der Waals surface area contributed by atoms with Crippen molar-refractivity contribution in [3.8, 4) is 0 Å². The summed E-state index contributed by atoms with van der Waals surface area (Å²) in [5.41, 5.74) is -0.263. The maximum Gasteiger partial charge on any atom is 0.453 e. The summed E-state index contributed by atoms with van der Waals surface area (Å²) >= 11 is 0. The second kappa shape index (κ2) is 6.18. The van der Waals surface area contributed by atoms with E-state index in [1.807, 2.05) is 0 Å². The van der Waals surface area contributed by atoms with Crippen LogP contribution in [0.5, 0.6) is 0 Å². The molecule has 0 aliphatic rings. The molecule has 0 aliphatic heterocycles. The number of fused-ring (bicyclic) bond motifs is 1. The minimum atomic E-state index is -4.74. The van der Waals surface area contributed by atoms with Crippen LogP contribution >= 0.6 is 0 Å². The predicted octanol–water partition coefficient (Wildman–Crippen LogP) is 1.25. The summed E-state index contributed by atoms with van der Waals surface area (Å²) in [6.07, 6.45) is -1.84. The van der Waals surface area contributed by atoms with Crippen LogP contribution in [0.3, 0.4) is 0 Å². The van der Waals surface area contributed by atoms with Gasteiger partial charge in [0, 0.05) is 20.3 Å². The van der Waals surface area contributed by atoms with E-state index in [1.165, 1.54) is 12.3 Å². The third-order valence-corrected chi connectivity index (χ3v) is 2.55. The Kier molecular flexibility index (Phi) is 4.48. The zero-order chi connectivity index (χ0) is 17.2. The molecule has 124 valence electrons. The molecule has 8 nitrogen and oxygen atoms in total. The summed E-state index contributed by atoms with van der Waals surface area (Å²) in [5.74, 6) is -2.56. The summed E-state index contributed by atoms with van der Waals surface area (Å²) in [6, 6.07) is 0. The number of hydrogen-bond acceptors (Lipinski definition) is 7. The average molecular weight is 330 g/mol. The van der Waals surface area contributed by atoms with Gasteiger partial charge >= 0.3 is 12.1 Å². The van der Waals surface area contributed by atoms with Crippen molar-refractivity contribution in [2.24, 2.45) is 0 Å². The quantitative estimate of drug-likeness (QED) is 0.780. The molecule has 0 atom stereocenters. The molecule has 0 saturated heterocycles. The van der Waals surface area contributed by atoms with Gasteiger partial charge in [0.2, 0.25) is 0 Å². The third kappa shape index (κ3) is 3.55. The summed E-state index contributed by atoms with van der Waals surface area (Å²) in [6.45, 7) is 1.68. The van der Waals surface area contributed by atoms with Crippen LogP contribution in [0.15, 0.2) is 6.20 Å². The molecule has 0 aliphatic carbocycles. The SMILES string of the molecule is CCOC(=O)c1nnc2nc(C(F)(F)F)nn2c1C=CN(C)C. The molecule has 0 bridgehead atoms. The summed E-state index contributed by atoms with van der Waals surface area (Å²) in [7, 11) is 3.41. The molecule has 2 rings (SSSR count). The van der Waals surface area contributed by atoms with E-state index in [0.29, 0.717) is 0 Å². The fourth-order valence-corrected chi connectivity index (χ4v) is 1.61. The summed E-state index contributed by atoms with van der Waals surface area (Å²) < 4.78 is 43.9. The molecule has 2 aromatic rings. The zero-order valence-electron chi connectivity index (χ0n) is 12.5. The first-order valence-corrected chi connectivity index (χ1v) is 6.46. The van der Waals surface area contributed by atoms with Crippen LogP contribution in [-0.2, 0) is 10.9 Å². The molecule has 0 saturated carbocycles. The first kappa shape index (κ1) is 16.6. The number of alkyl halides is 3. The van der Waals surface area contributed by atoms with Crippen LogP contribution in [0.25, 0.3) is 11.9 Å². The maximum absolute atomic E-state index is 12.7. The standard InChI is InChI=1S/C12H13F3N6O2/c1-4-23-9(22)8-7(5-6-20(2)3)21-11(18-17-8)16-10(19-21)12(13,14)15/h5-6H,4H2,1-3H3. The molecule has 2 heterocycles. The van der Waals surface area contributed by atoms with E-state index >= 15 is 0 Å². The molecular formula is C12H13F3N6O2. The number of ether oxygens (including phenoxy) is 1. The van der Waals surface area contributed by atoms with E-state index in [9.17, 15) is 18.0 Å². The smallest absolute Gasteiger partial charge is 0.453 e. The molecule has 0 aromatic carbocycles. The van der Waals surface area contributed by atoms with Crippen molar-refractivity contribution in [2.75, 3.05) is 20.7 Å². The van der Waals surface area contributed by atoms with Crippen LogP contribution in [0.1, 0.15) is 28.9 Å². The van der Waals surface area contributed by atoms with Crippen molar-refractivity contribution in [2.45, 2.75) is 13.1 Å². The highest BCUT2D eigenvalue weighted by atomic mass is 19.4. The first-order chi connectivity index (χ1) is 10.7. The predicted molar refractivity (Wildman–Crippen MR) is 72.3 cm³/mol. The normalized spacial score (nSPS) is 12.1. The van der Waals surface area contributed by atoms with Gasteiger partial charge < -0.3 is 9.64 Å². The lowest BCUT2D eigenvalue weighted by atomic mass is 10.3. The van der Waals surface area contributed by atoms with Gasteiger partial charge in [-0.15, -0.1) is 15.3 Å². The number of carbonyl (C=O) groups excluding carboxylic acids is 1. The molecule has 0 fully saturated rings. The third-order valence-electron chi connectivity index (χ3n) is 2.55. The molecule has 23 heavy (non-hydrogen) atoms. The monoisotopic (exact) mass is 330 g/mol. The highest BCUT2D eigenvalue weighted by Gasteiger charge is 2.37. The summed E-state index contributed by atoms with van der Waals surface area (Å²) in [4.78, 5) is 16.8. The molecule has 0 spiro atoms. The Balaban J connectivity index is 2.67. The van der Waals surface area contributed by atoms with Crippen LogP contribution < -0.4 is 0 Å². The number of hydrogen-bond donors (Lipinski definition) is 0. The molecular weight excluding hydrogens is 317 g/mol. The van der Waals surface area contributed by atoms with Crippen LogP contribution in [0.2, 0.25) is 0 Å². The van der Waals surface area contributed by atoms with E-state index in [1.54, 1.807) is 25.9 Å². The lowest BCUT2D eigenvalue weighted by Gasteiger charge is -2.07. The van der Waals surface area contributed by atoms with Crippen molar-refractivity contribution >= 4 is 17.8 Å². The molecule has 0 N–H and O–H groups in total. The Hall–Kier alpha value is -2.72. The van der Waals surface area contributed by atoms with Crippen molar-refractivity contribution in [1.82, 2.24) is 29.7 Å². The number of nitrogens with zero attached hydrogens (tertiary/aromatic N) is 6. The Morgan fingerprint density at radius 3 is 2.61 bits per heavy atom. The largest absolute Gasteiger partial charge is 0.461 e. The van der Waals surface area contributed by atoms with Gasteiger partial charge in [0.1, 0.15) is 5.69 Å². The van der Waals surface area contributed by atoms with Crippen molar-refractivity contribution < 1.29 is 22.7 Å². The van der Waals surface area contributed by atoms with Crippen molar-refractivity contribution in [1.29, 1.82) is 0 Å². The highest BCUT2D eigenvalue weighted by Crippen LogP contribution is 2.26. The van der Waals surface area contributed by atoms with Crippen molar-refractivity contribution in [3.05, 3.63) is 23.4 Å². The number of aromatic nitrogens is 5. The van der Waals surface area contributed by atoms with E-state index in [4.69, 9.17) is 4.74 Å². The second-order valence-electron chi connectivity index (χ2n) is 4.58. The van der Waals surface area contributed by atoms with E-state index in [2.05, 4.69) is 20.3 Å². The van der Waals surface area contributed by atoms with E-state index in [-0.39, 0.29) is 23.8 Å². The lowest BCUT2D eigenvalue weighted by molar-refractivity contribution is -0.144. The fraction of sp³-hybridized carbons (Fsp3) is 0.417. The average Bonchev–Trinajstić information content (AvgIpc) is 2.88. The van der Waals surface area contributed by atoms with Crippen molar-refractivity contribution in [3.63, 3.8) is 0 Å². The molecule has 0 amide bonds. The van der Waals surface area contributed by atoms with Gasteiger partial charge in [-0.2, -0.15) is 22.7 Å². The van der Waals surface area contributed by atoms with Crippen LogP contribution in [0.4, 0.5) is 13.2 Å². The van der Waals surface area contributed by atoms with Crippen LogP contribution in [0, 0.1) is 0 Å². The Morgan fingerprint density at radius 2 is 2.04 bits per heavy atom. The molecule has 0 unspecified atom stereocenters. The molecule has 2 aromatic heterocycles. The first-order valence-electron chi connectivity index (χ1n) is 6.46. The fourth-order valence-electron chi connectivity index (χ4n) is 1.61. The van der Waals surface area contributed by atoms with Gasteiger partial charge in [-0.25, -0.2) is 4.79 Å². The molecule has 11 heteroatoms. The molecule has 0 radical (unpaired) electrons. The van der Waals surface area contributed by atoms with Gasteiger partial charge in [-0.1, -0.05) is 0 Å². The van der Waals surface area contributed by atoms with Gasteiger partial charge in [-0.3, -0.25) is 0 Å². The highest BCUT2D eigenvalue weighted by molar-refractivity contribution is 5.90. The topological polar surface area (TPSA) is 85.5 Å². The second-order valence-corrected chi connectivity index (χ2v) is 4.58. The van der Waals surface area contributed by atoms with Gasteiger partial charge in [0.25, 0.3) is 11.6 Å². The maximum atomic E-state index is 12.7. The Bertz CT molecular complexity index is 753. The Labute approximate surface area is 128 Å². The lowest BCUT2D eigenvalue weighted by Crippen LogP contribution is -2.15. The number of halogens is 3. The summed E-state index contributed by atoms with van der Waals surface area (Å²) in [5, 5.41) is 10.5. The van der Waals surface area contributed by atoms with Crippen LogP contribution in [-0.4, -0.2) is 56.4 Å². The Morgan fingerprint density at radius 1 is 1.35 bits per heavy atom. The number of esters is 1. The van der Waals surface area contributed by atoms with E-state index in [0.717, 1.165) is 4.52 Å². The number of carbonyl (C=O) groups is 1. The van der Waals surface area contributed by atoms with E-state index < -0.39 is 18.0 Å². The van der Waals surface area contributed by atoms with Gasteiger partial charge in [0.05, 0.1) is 6.61 Å². The minimum absolute atomic E-state index is 0.00912. The zero-order valence-corrected chi connectivity index (χ0v) is 12.5. The minimum Gasteiger partial charge on any atom is -0.461 e. The van der Waals surface area contributed by atoms with Gasteiger partial charge in [0.15, 0.2) is 5.69 Å². The van der Waals surface area contributed by atoms with Gasteiger partial charge in [-0.05, 0) is 13.0 Å².